The molecule has 6 heteroatoms. The Hall–Kier alpha value is -3.28. The highest BCUT2D eigenvalue weighted by Crippen LogP contribution is 2.36. The Bertz CT molecular complexity index is 989. The van der Waals surface area contributed by atoms with E-state index in [1.54, 1.807) is 0 Å². The third kappa shape index (κ3) is 2.60. The van der Waals surface area contributed by atoms with E-state index < -0.39 is 0 Å². The Morgan fingerprint density at radius 1 is 1.00 bits per heavy atom. The van der Waals surface area contributed by atoms with Crippen LogP contribution in [-0.2, 0) is 6.42 Å². The summed E-state index contributed by atoms with van der Waals surface area (Å²) in [5, 5.41) is 3.28. The predicted molar refractivity (Wildman–Crippen MR) is 99.8 cm³/mol. The number of anilines is 4. The molecule has 0 bridgehead atoms. The maximum absolute atomic E-state index is 5.43. The molecule has 0 unspecified atom stereocenters. The normalized spacial score (nSPS) is 14.4. The lowest BCUT2D eigenvalue weighted by atomic mass is 10.2. The Balaban J connectivity index is 1.46. The lowest BCUT2D eigenvalue weighted by Gasteiger charge is -2.19. The second-order valence-corrected chi connectivity index (χ2v) is 6.41. The standard InChI is InChI=1S/C20H18N4O2/c1-13-10-19(24-9-8-14-4-2-3-5-16(14)24)23-20(21-13)22-15-6-7-17-18(11-15)26-12-25-17/h2-7,10-11H,8-9,12H2,1H3,(H,21,22,23). The number of aryl methyl sites for hydroxylation is 1. The maximum Gasteiger partial charge on any atom is 0.231 e. The zero-order valence-corrected chi connectivity index (χ0v) is 14.4. The van der Waals surface area contributed by atoms with Crippen LogP contribution in [0.1, 0.15) is 11.3 Å². The molecule has 2 aliphatic heterocycles. The highest BCUT2D eigenvalue weighted by Gasteiger charge is 2.22. The zero-order valence-electron chi connectivity index (χ0n) is 14.4. The molecular formula is C20H18N4O2. The summed E-state index contributed by atoms with van der Waals surface area (Å²) in [5.41, 5.74) is 4.36. The Labute approximate surface area is 151 Å². The van der Waals surface area contributed by atoms with Crippen LogP contribution >= 0.6 is 0 Å². The summed E-state index contributed by atoms with van der Waals surface area (Å²) in [4.78, 5) is 11.5. The molecule has 3 heterocycles. The number of nitrogens with one attached hydrogen (secondary N) is 1. The minimum atomic E-state index is 0.262. The molecule has 26 heavy (non-hydrogen) atoms. The van der Waals surface area contributed by atoms with E-state index in [4.69, 9.17) is 14.5 Å². The van der Waals surface area contributed by atoms with E-state index in [0.29, 0.717) is 5.95 Å². The van der Waals surface area contributed by atoms with Gasteiger partial charge in [-0.05, 0) is 37.1 Å². The van der Waals surface area contributed by atoms with Crippen molar-refractivity contribution >= 4 is 23.1 Å². The number of hydrogen-bond donors (Lipinski definition) is 1. The van der Waals surface area contributed by atoms with Gasteiger partial charge in [-0.25, -0.2) is 4.98 Å². The van der Waals surface area contributed by atoms with Gasteiger partial charge in [0.15, 0.2) is 11.5 Å². The van der Waals surface area contributed by atoms with Crippen molar-refractivity contribution < 1.29 is 9.47 Å². The number of fused-ring (bicyclic) bond motifs is 2. The number of nitrogens with zero attached hydrogens (tertiary/aromatic N) is 3. The van der Waals surface area contributed by atoms with E-state index in [-0.39, 0.29) is 6.79 Å². The molecule has 0 amide bonds. The highest BCUT2D eigenvalue weighted by molar-refractivity contribution is 5.69. The summed E-state index contributed by atoms with van der Waals surface area (Å²) in [6, 6.07) is 16.2. The van der Waals surface area contributed by atoms with E-state index in [9.17, 15) is 0 Å². The maximum atomic E-state index is 5.43. The molecule has 1 N–H and O–H groups in total. The average molecular weight is 346 g/mol. The van der Waals surface area contributed by atoms with Crippen molar-refractivity contribution in [3.8, 4) is 11.5 Å². The van der Waals surface area contributed by atoms with E-state index in [1.165, 1.54) is 11.3 Å². The third-order valence-corrected chi connectivity index (χ3v) is 4.63. The van der Waals surface area contributed by atoms with Crippen LogP contribution in [0.4, 0.5) is 23.1 Å². The van der Waals surface area contributed by atoms with Gasteiger partial charge in [0.25, 0.3) is 0 Å². The van der Waals surface area contributed by atoms with E-state index in [0.717, 1.165) is 41.7 Å². The van der Waals surface area contributed by atoms with Crippen LogP contribution in [0, 0.1) is 6.92 Å². The van der Waals surface area contributed by atoms with Crippen molar-refractivity contribution in [3.05, 3.63) is 59.8 Å². The van der Waals surface area contributed by atoms with Gasteiger partial charge < -0.3 is 19.7 Å². The molecular weight excluding hydrogens is 328 g/mol. The fourth-order valence-corrected chi connectivity index (χ4v) is 3.43. The minimum Gasteiger partial charge on any atom is -0.454 e. The molecule has 6 nitrogen and oxygen atoms in total. The van der Waals surface area contributed by atoms with Gasteiger partial charge in [-0.15, -0.1) is 0 Å². The second kappa shape index (κ2) is 5.91. The largest absolute Gasteiger partial charge is 0.454 e. The van der Waals surface area contributed by atoms with Crippen molar-refractivity contribution in [2.45, 2.75) is 13.3 Å². The highest BCUT2D eigenvalue weighted by atomic mass is 16.7. The monoisotopic (exact) mass is 346 g/mol. The second-order valence-electron chi connectivity index (χ2n) is 6.41. The lowest BCUT2D eigenvalue weighted by Crippen LogP contribution is -2.16. The van der Waals surface area contributed by atoms with E-state index >= 15 is 0 Å². The van der Waals surface area contributed by atoms with Gasteiger partial charge >= 0.3 is 0 Å². The topological polar surface area (TPSA) is 59.5 Å². The van der Waals surface area contributed by atoms with Crippen LogP contribution in [0.15, 0.2) is 48.5 Å². The van der Waals surface area contributed by atoms with Crippen molar-refractivity contribution in [1.29, 1.82) is 0 Å². The molecule has 0 saturated heterocycles. The predicted octanol–water partition coefficient (Wildman–Crippen LogP) is 3.95. The first-order valence-corrected chi connectivity index (χ1v) is 8.64. The summed E-state index contributed by atoms with van der Waals surface area (Å²) in [6.45, 7) is 3.18. The summed E-state index contributed by atoms with van der Waals surface area (Å²) >= 11 is 0. The van der Waals surface area contributed by atoms with Crippen molar-refractivity contribution in [1.82, 2.24) is 9.97 Å². The zero-order chi connectivity index (χ0) is 17.5. The molecule has 0 saturated carbocycles. The van der Waals surface area contributed by atoms with Gasteiger partial charge in [0.1, 0.15) is 5.82 Å². The molecule has 2 aromatic carbocycles. The summed E-state index contributed by atoms with van der Waals surface area (Å²) in [7, 11) is 0. The molecule has 130 valence electrons. The number of ether oxygens (including phenoxy) is 2. The number of benzene rings is 2. The van der Waals surface area contributed by atoms with Gasteiger partial charge in [0.2, 0.25) is 12.7 Å². The molecule has 1 aromatic heterocycles. The fourth-order valence-electron chi connectivity index (χ4n) is 3.43. The smallest absolute Gasteiger partial charge is 0.231 e. The number of para-hydroxylation sites is 1. The SMILES string of the molecule is Cc1cc(N2CCc3ccccc32)nc(Nc2ccc3c(c2)OCO3)n1. The van der Waals surface area contributed by atoms with Crippen LogP contribution in [0.5, 0.6) is 11.5 Å². The van der Waals surface area contributed by atoms with Gasteiger partial charge in [-0.3, -0.25) is 0 Å². The van der Waals surface area contributed by atoms with Gasteiger partial charge in [-0.1, -0.05) is 18.2 Å². The van der Waals surface area contributed by atoms with E-state index in [1.807, 2.05) is 31.2 Å². The van der Waals surface area contributed by atoms with Crippen LogP contribution < -0.4 is 19.7 Å². The third-order valence-electron chi connectivity index (χ3n) is 4.63. The van der Waals surface area contributed by atoms with Crippen LogP contribution in [0.25, 0.3) is 0 Å². The number of hydrogen-bond acceptors (Lipinski definition) is 6. The molecule has 0 aliphatic carbocycles. The molecule has 0 radical (unpaired) electrons. The molecule has 0 spiro atoms. The first-order chi connectivity index (χ1) is 12.8. The Kier molecular flexibility index (Phi) is 3.41. The molecule has 0 fully saturated rings. The number of rotatable bonds is 3. The first-order valence-electron chi connectivity index (χ1n) is 8.64. The van der Waals surface area contributed by atoms with Crippen LogP contribution in [0.2, 0.25) is 0 Å². The van der Waals surface area contributed by atoms with Crippen molar-refractivity contribution in [2.24, 2.45) is 0 Å². The summed E-state index contributed by atoms with van der Waals surface area (Å²) in [5.74, 6) is 2.97. The minimum absolute atomic E-state index is 0.262. The average Bonchev–Trinajstić information content (AvgIpc) is 3.27. The van der Waals surface area contributed by atoms with Gasteiger partial charge in [-0.2, -0.15) is 4.98 Å². The lowest BCUT2D eigenvalue weighted by molar-refractivity contribution is 0.174. The molecule has 5 rings (SSSR count). The Morgan fingerprint density at radius 2 is 1.88 bits per heavy atom. The summed E-state index contributed by atoms with van der Waals surface area (Å²) < 4.78 is 10.8. The molecule has 2 aliphatic rings. The van der Waals surface area contributed by atoms with Crippen LogP contribution in [-0.4, -0.2) is 23.3 Å². The van der Waals surface area contributed by atoms with Gasteiger partial charge in [0.05, 0.1) is 0 Å². The van der Waals surface area contributed by atoms with Crippen molar-refractivity contribution in [3.63, 3.8) is 0 Å². The van der Waals surface area contributed by atoms with Crippen LogP contribution in [0.3, 0.4) is 0 Å². The quantitative estimate of drug-likeness (QED) is 0.775. The Morgan fingerprint density at radius 3 is 2.85 bits per heavy atom. The fraction of sp³-hybridized carbons (Fsp3) is 0.200. The molecule has 0 atom stereocenters. The first kappa shape index (κ1) is 15.0. The summed E-state index contributed by atoms with van der Waals surface area (Å²) in [6.07, 6.45) is 1.03. The van der Waals surface area contributed by atoms with Crippen molar-refractivity contribution in [2.75, 3.05) is 23.6 Å². The number of aromatic nitrogens is 2. The van der Waals surface area contributed by atoms with Gasteiger partial charge in [0, 0.05) is 35.7 Å². The molecule has 3 aromatic rings. The van der Waals surface area contributed by atoms with E-state index in [2.05, 4.69) is 39.5 Å².